The number of carbonyl (C=O) groups excluding carboxylic acids is 3. The second kappa shape index (κ2) is 10.3. The van der Waals surface area contributed by atoms with Gasteiger partial charge in [-0.25, -0.2) is 0 Å². The standard InChI is InChI=1S/C20H26N4O5S/c1-3-28-20(27)14-5-4-9-24(11-14)18(26)12-23(2)17(25)7-6-16-21-22-19(29-16)15-8-10-30-13-15/h8,10,13-14H,3-7,9,11-12H2,1-2H3. The number of likely N-dealkylation sites (tertiary alicyclic amines) is 1. The quantitative estimate of drug-likeness (QED) is 0.585. The number of amides is 2. The number of carbonyl (C=O) groups is 3. The molecular weight excluding hydrogens is 408 g/mol. The Morgan fingerprint density at radius 1 is 1.37 bits per heavy atom. The van der Waals surface area contributed by atoms with Crippen LogP contribution in [-0.4, -0.2) is 71.1 Å². The van der Waals surface area contributed by atoms with E-state index in [2.05, 4.69) is 10.2 Å². The van der Waals surface area contributed by atoms with Gasteiger partial charge in [0.2, 0.25) is 23.6 Å². The summed E-state index contributed by atoms with van der Waals surface area (Å²) in [4.78, 5) is 40.0. The fourth-order valence-corrected chi connectivity index (χ4v) is 3.94. The van der Waals surface area contributed by atoms with E-state index in [4.69, 9.17) is 9.15 Å². The molecule has 2 aromatic heterocycles. The van der Waals surface area contributed by atoms with Crippen molar-refractivity contribution in [3.63, 3.8) is 0 Å². The van der Waals surface area contributed by atoms with Crippen LogP contribution in [0, 0.1) is 5.92 Å². The molecule has 3 heterocycles. The van der Waals surface area contributed by atoms with Crippen molar-refractivity contribution in [1.82, 2.24) is 20.0 Å². The summed E-state index contributed by atoms with van der Waals surface area (Å²) in [6.45, 7) is 2.99. The molecule has 1 aliphatic rings. The zero-order valence-electron chi connectivity index (χ0n) is 17.2. The lowest BCUT2D eigenvalue weighted by molar-refractivity contribution is -0.152. The number of likely N-dealkylation sites (N-methyl/N-ethyl adjacent to an activating group) is 1. The second-order valence-corrected chi connectivity index (χ2v) is 7.97. The molecule has 0 radical (unpaired) electrons. The lowest BCUT2D eigenvalue weighted by Gasteiger charge is -2.32. The van der Waals surface area contributed by atoms with Gasteiger partial charge in [-0.2, -0.15) is 11.3 Å². The molecule has 0 aromatic carbocycles. The molecule has 2 aromatic rings. The lowest BCUT2D eigenvalue weighted by Crippen LogP contribution is -2.47. The number of thiophene rings is 1. The second-order valence-electron chi connectivity index (χ2n) is 7.19. The molecule has 1 fully saturated rings. The van der Waals surface area contributed by atoms with Gasteiger partial charge < -0.3 is 19.0 Å². The van der Waals surface area contributed by atoms with Gasteiger partial charge in [0.05, 0.1) is 19.1 Å². The monoisotopic (exact) mass is 434 g/mol. The Labute approximate surface area is 179 Å². The predicted octanol–water partition coefficient (Wildman–Crippen LogP) is 1.99. The van der Waals surface area contributed by atoms with E-state index in [0.717, 1.165) is 18.4 Å². The van der Waals surface area contributed by atoms with Crippen LogP contribution >= 0.6 is 11.3 Å². The summed E-state index contributed by atoms with van der Waals surface area (Å²) in [5.74, 6) is -0.0875. The summed E-state index contributed by atoms with van der Waals surface area (Å²) >= 11 is 1.54. The Hall–Kier alpha value is -2.75. The van der Waals surface area contributed by atoms with Crippen molar-refractivity contribution in [1.29, 1.82) is 0 Å². The Balaban J connectivity index is 1.45. The van der Waals surface area contributed by atoms with Crippen molar-refractivity contribution in [2.75, 3.05) is 33.3 Å². The van der Waals surface area contributed by atoms with Gasteiger partial charge in [0, 0.05) is 43.9 Å². The van der Waals surface area contributed by atoms with E-state index in [0.29, 0.717) is 37.9 Å². The van der Waals surface area contributed by atoms with Crippen molar-refractivity contribution in [3.05, 3.63) is 22.7 Å². The Morgan fingerprint density at radius 2 is 2.20 bits per heavy atom. The minimum Gasteiger partial charge on any atom is -0.466 e. The SMILES string of the molecule is CCOC(=O)C1CCCN(C(=O)CN(C)C(=O)CCc2nnc(-c3ccsc3)o2)C1. The van der Waals surface area contributed by atoms with Gasteiger partial charge in [0.15, 0.2) is 0 Å². The van der Waals surface area contributed by atoms with Gasteiger partial charge in [-0.3, -0.25) is 14.4 Å². The largest absolute Gasteiger partial charge is 0.466 e. The first-order valence-electron chi connectivity index (χ1n) is 10.0. The first kappa shape index (κ1) is 21.9. The molecule has 1 aliphatic heterocycles. The fourth-order valence-electron chi connectivity index (χ4n) is 3.31. The maximum atomic E-state index is 12.6. The Bertz CT molecular complexity index is 866. The molecule has 1 saturated heterocycles. The number of aromatic nitrogens is 2. The predicted molar refractivity (Wildman–Crippen MR) is 110 cm³/mol. The van der Waals surface area contributed by atoms with E-state index >= 15 is 0 Å². The fraction of sp³-hybridized carbons (Fsp3) is 0.550. The van der Waals surface area contributed by atoms with Crippen LogP contribution in [0.5, 0.6) is 0 Å². The zero-order chi connectivity index (χ0) is 21.5. The number of piperidine rings is 1. The van der Waals surface area contributed by atoms with Gasteiger partial charge in [-0.1, -0.05) is 0 Å². The highest BCUT2D eigenvalue weighted by Gasteiger charge is 2.30. The van der Waals surface area contributed by atoms with Crippen LogP contribution in [-0.2, 0) is 25.5 Å². The maximum Gasteiger partial charge on any atom is 0.310 e. The summed E-state index contributed by atoms with van der Waals surface area (Å²) in [7, 11) is 1.59. The molecule has 0 bridgehead atoms. The molecule has 9 nitrogen and oxygen atoms in total. The molecular formula is C20H26N4O5S. The first-order chi connectivity index (χ1) is 14.5. The van der Waals surface area contributed by atoms with Crippen molar-refractivity contribution in [3.8, 4) is 11.5 Å². The molecule has 30 heavy (non-hydrogen) atoms. The van der Waals surface area contributed by atoms with E-state index in [1.165, 1.54) is 16.2 Å². The van der Waals surface area contributed by atoms with Crippen molar-refractivity contribution < 1.29 is 23.5 Å². The van der Waals surface area contributed by atoms with Crippen molar-refractivity contribution >= 4 is 29.1 Å². The van der Waals surface area contributed by atoms with Crippen LogP contribution in [0.4, 0.5) is 0 Å². The third-order valence-corrected chi connectivity index (χ3v) is 5.66. The number of ether oxygens (including phenoxy) is 1. The van der Waals surface area contributed by atoms with Crippen LogP contribution < -0.4 is 0 Å². The van der Waals surface area contributed by atoms with E-state index in [1.807, 2.05) is 16.8 Å². The zero-order valence-corrected chi connectivity index (χ0v) is 18.0. The molecule has 0 N–H and O–H groups in total. The van der Waals surface area contributed by atoms with Crippen molar-refractivity contribution in [2.24, 2.45) is 5.92 Å². The summed E-state index contributed by atoms with van der Waals surface area (Å²) in [5, 5.41) is 11.8. The molecule has 1 atom stereocenters. The summed E-state index contributed by atoms with van der Waals surface area (Å²) < 4.78 is 10.7. The molecule has 0 aliphatic carbocycles. The van der Waals surface area contributed by atoms with Crippen LogP contribution in [0.15, 0.2) is 21.2 Å². The average Bonchev–Trinajstić information content (AvgIpc) is 3.44. The topological polar surface area (TPSA) is 106 Å². The number of hydrogen-bond donors (Lipinski definition) is 0. The first-order valence-corrected chi connectivity index (χ1v) is 11.0. The minimum atomic E-state index is -0.293. The van der Waals surface area contributed by atoms with Gasteiger partial charge in [0.1, 0.15) is 0 Å². The maximum absolute atomic E-state index is 12.6. The minimum absolute atomic E-state index is 0.0294. The van der Waals surface area contributed by atoms with E-state index in [-0.39, 0.29) is 36.7 Å². The van der Waals surface area contributed by atoms with Gasteiger partial charge in [-0.15, -0.1) is 10.2 Å². The third-order valence-electron chi connectivity index (χ3n) is 4.98. The number of rotatable bonds is 8. The summed E-state index contributed by atoms with van der Waals surface area (Å²) in [6.07, 6.45) is 1.94. The molecule has 10 heteroatoms. The molecule has 3 rings (SSSR count). The molecule has 0 saturated carbocycles. The van der Waals surface area contributed by atoms with Crippen LogP contribution in [0.1, 0.15) is 32.1 Å². The average molecular weight is 435 g/mol. The highest BCUT2D eigenvalue weighted by Crippen LogP contribution is 2.21. The van der Waals surface area contributed by atoms with Gasteiger partial charge >= 0.3 is 5.97 Å². The number of esters is 1. The smallest absolute Gasteiger partial charge is 0.310 e. The van der Waals surface area contributed by atoms with E-state index in [1.54, 1.807) is 18.9 Å². The van der Waals surface area contributed by atoms with Crippen LogP contribution in [0.3, 0.4) is 0 Å². The summed E-state index contributed by atoms with van der Waals surface area (Å²) in [6, 6.07) is 1.89. The molecule has 1 unspecified atom stereocenters. The van der Waals surface area contributed by atoms with Crippen molar-refractivity contribution in [2.45, 2.75) is 32.6 Å². The number of nitrogens with zero attached hydrogens (tertiary/aromatic N) is 4. The molecule has 0 spiro atoms. The highest BCUT2D eigenvalue weighted by molar-refractivity contribution is 7.08. The molecule has 162 valence electrons. The highest BCUT2D eigenvalue weighted by atomic mass is 32.1. The van der Waals surface area contributed by atoms with E-state index < -0.39 is 0 Å². The summed E-state index contributed by atoms with van der Waals surface area (Å²) in [5.41, 5.74) is 0.857. The van der Waals surface area contributed by atoms with E-state index in [9.17, 15) is 14.4 Å². The van der Waals surface area contributed by atoms with Gasteiger partial charge in [0.25, 0.3) is 0 Å². The van der Waals surface area contributed by atoms with Crippen LogP contribution in [0.2, 0.25) is 0 Å². The Morgan fingerprint density at radius 3 is 2.93 bits per heavy atom. The third kappa shape index (κ3) is 5.65. The normalized spacial score (nSPS) is 16.3. The lowest BCUT2D eigenvalue weighted by atomic mass is 9.98. The van der Waals surface area contributed by atoms with Gasteiger partial charge in [-0.05, 0) is 31.2 Å². The number of hydrogen-bond acceptors (Lipinski definition) is 8. The number of aryl methyl sites for hydroxylation is 1. The molecule has 2 amide bonds. The van der Waals surface area contributed by atoms with Crippen LogP contribution in [0.25, 0.3) is 11.5 Å². The Kier molecular flexibility index (Phi) is 7.56.